The average molecular weight is 443 g/mol. The van der Waals surface area contributed by atoms with Gasteiger partial charge in [-0.25, -0.2) is 13.4 Å². The quantitative estimate of drug-likeness (QED) is 0.473. The van der Waals surface area contributed by atoms with Crippen LogP contribution in [-0.2, 0) is 10.0 Å². The van der Waals surface area contributed by atoms with E-state index in [1.54, 1.807) is 0 Å². The van der Waals surface area contributed by atoms with Gasteiger partial charge in [0.2, 0.25) is 10.0 Å². The van der Waals surface area contributed by atoms with Crippen LogP contribution in [0.25, 0.3) is 21.3 Å². The molecule has 3 heterocycles. The lowest BCUT2D eigenvalue weighted by Gasteiger charge is -2.33. The first-order valence-corrected chi connectivity index (χ1v) is 11.8. The van der Waals surface area contributed by atoms with Gasteiger partial charge in [0.15, 0.2) is 0 Å². The molecule has 10 heteroatoms. The van der Waals surface area contributed by atoms with E-state index in [0.29, 0.717) is 18.5 Å². The molecular formula is C20H18N4O4S2. The van der Waals surface area contributed by atoms with Crippen molar-refractivity contribution >= 4 is 42.6 Å². The Bertz CT molecular complexity index is 1450. The van der Waals surface area contributed by atoms with Crippen LogP contribution >= 0.6 is 11.3 Å². The van der Waals surface area contributed by atoms with Crippen LogP contribution in [0.4, 0.5) is 0 Å². The smallest absolute Gasteiger partial charge is 0.314 e. The summed E-state index contributed by atoms with van der Waals surface area (Å²) < 4.78 is 29.6. The lowest BCUT2D eigenvalue weighted by atomic mass is 10.1. The van der Waals surface area contributed by atoms with Crippen molar-refractivity contribution in [1.29, 1.82) is 0 Å². The van der Waals surface area contributed by atoms with Crippen molar-refractivity contribution in [2.24, 2.45) is 0 Å². The second-order valence-corrected chi connectivity index (χ2v) is 10.2. The van der Waals surface area contributed by atoms with Gasteiger partial charge in [0, 0.05) is 6.54 Å². The summed E-state index contributed by atoms with van der Waals surface area (Å²) >= 11 is 1.52. The Kier molecular flexibility index (Phi) is 4.57. The van der Waals surface area contributed by atoms with E-state index in [9.17, 15) is 18.0 Å². The van der Waals surface area contributed by atoms with Crippen LogP contribution < -0.4 is 11.1 Å². The molecule has 1 aliphatic heterocycles. The molecule has 2 aromatic heterocycles. The molecule has 1 unspecified atom stereocenters. The zero-order chi connectivity index (χ0) is 20.9. The summed E-state index contributed by atoms with van der Waals surface area (Å²) in [4.78, 5) is 32.8. The Hall–Kier alpha value is -2.82. The number of aromatic nitrogens is 3. The molecule has 1 saturated heterocycles. The van der Waals surface area contributed by atoms with Crippen molar-refractivity contribution in [1.82, 2.24) is 19.3 Å². The second-order valence-electron chi connectivity index (χ2n) is 7.26. The normalized spacial score (nSPS) is 18.2. The third kappa shape index (κ3) is 3.17. The van der Waals surface area contributed by atoms with E-state index in [4.69, 9.17) is 4.98 Å². The number of hydrogen-bond donors (Lipinski definition) is 2. The Morgan fingerprint density at radius 1 is 1.00 bits per heavy atom. The molecule has 1 fully saturated rings. The molecule has 0 spiro atoms. The number of nitrogens with zero attached hydrogens (tertiary/aromatic N) is 2. The number of nitrogens with one attached hydrogen (secondary N) is 2. The Balaban J connectivity index is 1.59. The molecule has 0 amide bonds. The number of para-hydroxylation sites is 1. The lowest BCUT2D eigenvalue weighted by Crippen LogP contribution is -2.38. The lowest BCUT2D eigenvalue weighted by molar-refractivity contribution is 0.255. The van der Waals surface area contributed by atoms with Crippen molar-refractivity contribution in [3.63, 3.8) is 0 Å². The first kappa shape index (κ1) is 19.2. The molecule has 2 N–H and O–H groups in total. The third-order valence-electron chi connectivity index (χ3n) is 5.35. The molecule has 0 radical (unpaired) electrons. The van der Waals surface area contributed by atoms with E-state index in [2.05, 4.69) is 9.97 Å². The number of fused-ring (bicyclic) bond motifs is 2. The number of rotatable bonds is 3. The van der Waals surface area contributed by atoms with Gasteiger partial charge >= 0.3 is 11.1 Å². The van der Waals surface area contributed by atoms with Gasteiger partial charge in [-0.2, -0.15) is 4.31 Å². The van der Waals surface area contributed by atoms with E-state index in [0.717, 1.165) is 28.1 Å². The predicted molar refractivity (Wildman–Crippen MR) is 115 cm³/mol. The molecular weight excluding hydrogens is 424 g/mol. The number of aromatic amines is 2. The minimum atomic E-state index is -3.83. The van der Waals surface area contributed by atoms with E-state index in [1.165, 1.54) is 33.8 Å². The number of thiazole rings is 1. The highest BCUT2D eigenvalue weighted by Crippen LogP contribution is 2.38. The van der Waals surface area contributed by atoms with Crippen LogP contribution in [0.15, 0.2) is 56.9 Å². The SMILES string of the molecule is O=c1[nH]c2ccc(S(=O)(=O)N3CCCCC3c3nc4ccccc4s3)cc2[nH]c1=O. The maximum Gasteiger partial charge on any atom is 0.314 e. The Morgan fingerprint density at radius 3 is 2.57 bits per heavy atom. The van der Waals surface area contributed by atoms with Crippen LogP contribution in [0.5, 0.6) is 0 Å². The zero-order valence-electron chi connectivity index (χ0n) is 15.8. The first-order valence-electron chi connectivity index (χ1n) is 9.57. The fourth-order valence-electron chi connectivity index (χ4n) is 3.86. The second kappa shape index (κ2) is 7.15. The van der Waals surface area contributed by atoms with Gasteiger partial charge in [-0.05, 0) is 43.2 Å². The van der Waals surface area contributed by atoms with Crippen molar-refractivity contribution in [3.05, 3.63) is 68.2 Å². The minimum absolute atomic E-state index is 0.0747. The standard InChI is InChI=1S/C20H18N4O4S2/c25-18-19(26)22-15-11-12(8-9-13(15)21-18)30(27,28)24-10-4-3-6-16(24)20-23-14-5-1-2-7-17(14)29-20/h1-2,5,7-9,11,16H,3-4,6,10H2,(H,21,25)(H,22,26). The molecule has 30 heavy (non-hydrogen) atoms. The summed E-state index contributed by atoms with van der Waals surface area (Å²) in [7, 11) is -3.83. The van der Waals surface area contributed by atoms with E-state index in [1.807, 2.05) is 24.3 Å². The molecule has 8 nitrogen and oxygen atoms in total. The molecule has 154 valence electrons. The molecule has 0 aliphatic carbocycles. The monoisotopic (exact) mass is 442 g/mol. The highest BCUT2D eigenvalue weighted by molar-refractivity contribution is 7.89. The summed E-state index contributed by atoms with van der Waals surface area (Å²) in [6.45, 7) is 0.406. The zero-order valence-corrected chi connectivity index (χ0v) is 17.4. The van der Waals surface area contributed by atoms with E-state index >= 15 is 0 Å². The maximum atomic E-state index is 13.5. The van der Waals surface area contributed by atoms with E-state index < -0.39 is 21.1 Å². The summed E-state index contributed by atoms with van der Waals surface area (Å²) in [5.41, 5.74) is -0.0748. The fraction of sp³-hybridized carbons (Fsp3) is 0.250. The van der Waals surface area contributed by atoms with Gasteiger partial charge in [0.25, 0.3) is 0 Å². The van der Waals surface area contributed by atoms with Crippen LogP contribution in [0.3, 0.4) is 0 Å². The van der Waals surface area contributed by atoms with Gasteiger partial charge in [-0.3, -0.25) is 9.59 Å². The van der Waals surface area contributed by atoms with Gasteiger partial charge in [-0.15, -0.1) is 11.3 Å². The molecule has 0 bridgehead atoms. The van der Waals surface area contributed by atoms with Crippen LogP contribution in [0.2, 0.25) is 0 Å². The number of benzene rings is 2. The summed E-state index contributed by atoms with van der Waals surface area (Å²) in [6.07, 6.45) is 2.41. The summed E-state index contributed by atoms with van der Waals surface area (Å²) in [6, 6.07) is 11.8. The summed E-state index contributed by atoms with van der Waals surface area (Å²) in [5.74, 6) is 0. The van der Waals surface area contributed by atoms with Gasteiger partial charge in [0.05, 0.1) is 32.2 Å². The van der Waals surface area contributed by atoms with Crippen LogP contribution in [-0.4, -0.2) is 34.2 Å². The van der Waals surface area contributed by atoms with Crippen LogP contribution in [0.1, 0.15) is 30.3 Å². The largest absolute Gasteiger partial charge is 0.316 e. The first-order chi connectivity index (χ1) is 14.4. The molecule has 1 aliphatic rings. The van der Waals surface area contributed by atoms with Gasteiger partial charge in [-0.1, -0.05) is 18.6 Å². The highest BCUT2D eigenvalue weighted by Gasteiger charge is 2.36. The third-order valence-corrected chi connectivity index (χ3v) is 8.39. The molecule has 4 aromatic rings. The topological polar surface area (TPSA) is 116 Å². The van der Waals surface area contributed by atoms with Crippen LogP contribution in [0, 0.1) is 0 Å². The van der Waals surface area contributed by atoms with Crippen molar-refractivity contribution in [2.75, 3.05) is 6.54 Å². The number of H-pyrrole nitrogens is 2. The predicted octanol–water partition coefficient (Wildman–Crippen LogP) is 2.74. The Labute approximate surface area is 175 Å². The van der Waals surface area contributed by atoms with Gasteiger partial charge in [0.1, 0.15) is 5.01 Å². The Morgan fingerprint density at radius 2 is 1.77 bits per heavy atom. The van der Waals surface area contributed by atoms with Gasteiger partial charge < -0.3 is 9.97 Å². The average Bonchev–Trinajstić information content (AvgIpc) is 3.18. The molecule has 1 atom stereocenters. The summed E-state index contributed by atoms with van der Waals surface area (Å²) in [5, 5.41) is 0.790. The van der Waals surface area contributed by atoms with E-state index in [-0.39, 0.29) is 16.5 Å². The maximum absolute atomic E-state index is 13.5. The molecule has 0 saturated carbocycles. The van der Waals surface area contributed by atoms with Crippen molar-refractivity contribution in [2.45, 2.75) is 30.2 Å². The number of hydrogen-bond acceptors (Lipinski definition) is 6. The fourth-order valence-corrected chi connectivity index (χ4v) is 6.73. The van der Waals surface area contributed by atoms with Crippen molar-refractivity contribution < 1.29 is 8.42 Å². The molecule has 2 aromatic carbocycles. The minimum Gasteiger partial charge on any atom is -0.316 e. The van der Waals surface area contributed by atoms with Crippen molar-refractivity contribution in [3.8, 4) is 0 Å². The molecule has 5 rings (SSSR count). The highest BCUT2D eigenvalue weighted by atomic mass is 32.2. The number of sulfonamides is 1. The number of piperidine rings is 1.